The molecule has 25 heavy (non-hydrogen) atoms. The van der Waals surface area contributed by atoms with Crippen molar-refractivity contribution in [2.75, 3.05) is 39.9 Å². The number of piperazine rings is 1. The fourth-order valence-electron chi connectivity index (χ4n) is 3.29. The van der Waals surface area contributed by atoms with Crippen LogP contribution in [0, 0.1) is 0 Å². The van der Waals surface area contributed by atoms with Gasteiger partial charge in [0, 0.05) is 31.7 Å². The van der Waals surface area contributed by atoms with Crippen LogP contribution in [0.25, 0.3) is 0 Å². The Bertz CT molecular complexity index is 577. The van der Waals surface area contributed by atoms with Gasteiger partial charge in [-0.1, -0.05) is 0 Å². The lowest BCUT2D eigenvalue weighted by atomic mass is 10.1. The molecule has 1 fully saturated rings. The highest BCUT2D eigenvalue weighted by molar-refractivity contribution is 5.97. The molecule has 1 aliphatic rings. The summed E-state index contributed by atoms with van der Waals surface area (Å²) in [4.78, 5) is 17.4. The molecule has 1 heterocycles. The van der Waals surface area contributed by atoms with Crippen LogP contribution < -0.4 is 15.2 Å². The molecule has 1 aromatic rings. The van der Waals surface area contributed by atoms with E-state index < -0.39 is 0 Å². The maximum Gasteiger partial charge on any atom is 0.257 e. The molecule has 0 bridgehead atoms. The third-order valence-electron chi connectivity index (χ3n) is 4.65. The molecule has 6 heteroatoms. The molecule has 0 saturated carbocycles. The number of hydrogen-bond acceptors (Lipinski definition) is 5. The maximum atomic E-state index is 13.1. The average Bonchev–Trinajstić information content (AvgIpc) is 2.61. The normalized spacial score (nSPS) is 18.5. The zero-order chi connectivity index (χ0) is 18.4. The van der Waals surface area contributed by atoms with Crippen LogP contribution in [0.4, 0.5) is 0 Å². The van der Waals surface area contributed by atoms with Gasteiger partial charge in [-0.3, -0.25) is 9.69 Å². The monoisotopic (exact) mass is 349 g/mol. The van der Waals surface area contributed by atoms with Crippen LogP contribution in [0.3, 0.4) is 0 Å². The van der Waals surface area contributed by atoms with Crippen molar-refractivity contribution in [2.45, 2.75) is 39.3 Å². The topological polar surface area (TPSA) is 68.0 Å². The highest BCUT2D eigenvalue weighted by atomic mass is 16.5. The summed E-state index contributed by atoms with van der Waals surface area (Å²) < 4.78 is 11.1. The molecule has 6 nitrogen and oxygen atoms in total. The molecule has 1 amide bonds. The van der Waals surface area contributed by atoms with E-state index in [-0.39, 0.29) is 5.91 Å². The fourth-order valence-corrected chi connectivity index (χ4v) is 3.29. The Labute approximate surface area is 150 Å². The molecule has 2 N–H and O–H groups in total. The van der Waals surface area contributed by atoms with Gasteiger partial charge in [0.15, 0.2) is 0 Å². The van der Waals surface area contributed by atoms with Crippen molar-refractivity contribution in [1.29, 1.82) is 0 Å². The van der Waals surface area contributed by atoms with Crippen molar-refractivity contribution in [2.24, 2.45) is 5.73 Å². The second kappa shape index (κ2) is 9.06. The van der Waals surface area contributed by atoms with E-state index in [9.17, 15) is 4.79 Å². The van der Waals surface area contributed by atoms with Gasteiger partial charge >= 0.3 is 0 Å². The van der Waals surface area contributed by atoms with E-state index in [2.05, 4.69) is 25.7 Å². The Morgan fingerprint density at radius 1 is 1.36 bits per heavy atom. The third-order valence-corrected chi connectivity index (χ3v) is 4.65. The minimum Gasteiger partial charge on any atom is -0.497 e. The molecule has 0 aliphatic carbocycles. The van der Waals surface area contributed by atoms with Crippen LogP contribution in [-0.2, 0) is 0 Å². The quantitative estimate of drug-likeness (QED) is 0.763. The van der Waals surface area contributed by atoms with Crippen LogP contribution >= 0.6 is 0 Å². The number of ether oxygens (including phenoxy) is 2. The molecule has 0 spiro atoms. The molecule has 140 valence electrons. The second-order valence-electron chi connectivity index (χ2n) is 6.78. The molecule has 1 aliphatic heterocycles. The highest BCUT2D eigenvalue weighted by Gasteiger charge is 2.30. The standard InChI is InChI=1S/C19H31N3O3/c1-14(2)22-10-9-21(13-15(22)3)19(23)17-12-16(24-4)6-7-18(17)25-11-5-8-20/h6-7,12,14-15H,5,8-11,13,20H2,1-4H3/t15-/m1/s1. The van der Waals surface area contributed by atoms with Crippen LogP contribution in [0.1, 0.15) is 37.6 Å². The molecule has 0 aromatic heterocycles. The van der Waals surface area contributed by atoms with Gasteiger partial charge in [0.2, 0.25) is 0 Å². The Kier molecular flexibility index (Phi) is 7.08. The van der Waals surface area contributed by atoms with E-state index >= 15 is 0 Å². The number of nitrogens with two attached hydrogens (primary N) is 1. The Morgan fingerprint density at radius 3 is 2.72 bits per heavy atom. The molecule has 1 aromatic carbocycles. The van der Waals surface area contributed by atoms with Gasteiger partial charge in [0.05, 0.1) is 19.3 Å². The first kappa shape index (κ1) is 19.5. The third kappa shape index (κ3) is 4.86. The van der Waals surface area contributed by atoms with Crippen molar-refractivity contribution in [3.63, 3.8) is 0 Å². The first-order valence-electron chi connectivity index (χ1n) is 9.03. The van der Waals surface area contributed by atoms with E-state index in [1.807, 2.05) is 11.0 Å². The Balaban J connectivity index is 2.16. The number of carbonyl (C=O) groups is 1. The van der Waals surface area contributed by atoms with Crippen LogP contribution in [0.2, 0.25) is 0 Å². The van der Waals surface area contributed by atoms with Crippen molar-refractivity contribution in [3.8, 4) is 11.5 Å². The number of nitrogens with zero attached hydrogens (tertiary/aromatic N) is 2. The first-order chi connectivity index (χ1) is 12.0. The summed E-state index contributed by atoms with van der Waals surface area (Å²) in [5.74, 6) is 1.25. The lowest BCUT2D eigenvalue weighted by Crippen LogP contribution is -2.55. The van der Waals surface area contributed by atoms with Gasteiger partial charge in [-0.2, -0.15) is 0 Å². The first-order valence-corrected chi connectivity index (χ1v) is 9.03. The highest BCUT2D eigenvalue weighted by Crippen LogP contribution is 2.27. The summed E-state index contributed by atoms with van der Waals surface area (Å²) >= 11 is 0. The zero-order valence-electron chi connectivity index (χ0n) is 15.8. The minimum atomic E-state index is -0.00287. The summed E-state index contributed by atoms with van der Waals surface area (Å²) in [6, 6.07) is 6.20. The van der Waals surface area contributed by atoms with E-state index in [4.69, 9.17) is 15.2 Å². The van der Waals surface area contributed by atoms with Gasteiger partial charge in [0.25, 0.3) is 5.91 Å². The minimum absolute atomic E-state index is 0.00287. The zero-order valence-corrected chi connectivity index (χ0v) is 15.8. The van der Waals surface area contributed by atoms with Gasteiger partial charge in [-0.05, 0) is 51.9 Å². The smallest absolute Gasteiger partial charge is 0.257 e. The molecule has 1 saturated heterocycles. The van der Waals surface area contributed by atoms with Crippen molar-refractivity contribution >= 4 is 5.91 Å². The number of rotatable bonds is 7. The number of amides is 1. The average molecular weight is 349 g/mol. The van der Waals surface area contributed by atoms with Crippen molar-refractivity contribution in [3.05, 3.63) is 23.8 Å². The lowest BCUT2D eigenvalue weighted by Gasteiger charge is -2.42. The van der Waals surface area contributed by atoms with E-state index in [1.54, 1.807) is 19.2 Å². The summed E-state index contributed by atoms with van der Waals surface area (Å²) in [5.41, 5.74) is 6.08. The SMILES string of the molecule is COc1ccc(OCCCN)c(C(=O)N2CCN(C(C)C)[C@H](C)C2)c1. The molecular formula is C19H31N3O3. The van der Waals surface area contributed by atoms with Crippen molar-refractivity contribution in [1.82, 2.24) is 9.80 Å². The number of methoxy groups -OCH3 is 1. The van der Waals surface area contributed by atoms with E-state index in [0.717, 1.165) is 26.1 Å². The largest absolute Gasteiger partial charge is 0.497 e. The maximum absolute atomic E-state index is 13.1. The number of benzene rings is 1. The predicted molar refractivity (Wildman–Crippen MR) is 99.4 cm³/mol. The lowest BCUT2D eigenvalue weighted by molar-refractivity contribution is 0.0423. The molecule has 0 radical (unpaired) electrons. The van der Waals surface area contributed by atoms with Crippen LogP contribution in [-0.4, -0.2) is 67.7 Å². The summed E-state index contributed by atoms with van der Waals surface area (Å²) in [6.07, 6.45) is 0.754. The number of hydrogen-bond donors (Lipinski definition) is 1. The van der Waals surface area contributed by atoms with Crippen molar-refractivity contribution < 1.29 is 14.3 Å². The summed E-state index contributed by atoms with van der Waals surface area (Å²) in [5, 5.41) is 0. The van der Waals surface area contributed by atoms with Crippen LogP contribution in [0.5, 0.6) is 11.5 Å². The number of carbonyl (C=O) groups excluding carboxylic acids is 1. The van der Waals surface area contributed by atoms with Crippen LogP contribution in [0.15, 0.2) is 18.2 Å². The second-order valence-corrected chi connectivity index (χ2v) is 6.78. The molecular weight excluding hydrogens is 318 g/mol. The Hall–Kier alpha value is -1.79. The van der Waals surface area contributed by atoms with Gasteiger partial charge in [-0.15, -0.1) is 0 Å². The van der Waals surface area contributed by atoms with Gasteiger partial charge < -0.3 is 20.1 Å². The molecule has 2 rings (SSSR count). The van der Waals surface area contributed by atoms with E-state index in [0.29, 0.717) is 42.3 Å². The van der Waals surface area contributed by atoms with Gasteiger partial charge in [0.1, 0.15) is 11.5 Å². The summed E-state index contributed by atoms with van der Waals surface area (Å²) in [7, 11) is 1.60. The van der Waals surface area contributed by atoms with E-state index in [1.165, 1.54) is 0 Å². The Morgan fingerprint density at radius 2 is 2.12 bits per heavy atom. The predicted octanol–water partition coefficient (Wildman–Crippen LogP) is 1.98. The molecule has 0 unspecified atom stereocenters. The fraction of sp³-hybridized carbons (Fsp3) is 0.632. The molecule has 1 atom stereocenters. The van der Waals surface area contributed by atoms with Gasteiger partial charge in [-0.25, -0.2) is 0 Å². The summed E-state index contributed by atoms with van der Waals surface area (Å²) in [6.45, 7) is 9.95.